The third-order valence-corrected chi connectivity index (χ3v) is 4.81. The Morgan fingerprint density at radius 1 is 1.11 bits per heavy atom. The van der Waals surface area contributed by atoms with Crippen LogP contribution in [0.4, 0.5) is 0 Å². The van der Waals surface area contributed by atoms with Gasteiger partial charge in [0.25, 0.3) is 0 Å². The molecule has 27 heavy (non-hydrogen) atoms. The van der Waals surface area contributed by atoms with Gasteiger partial charge < -0.3 is 19.8 Å². The summed E-state index contributed by atoms with van der Waals surface area (Å²) in [5.74, 6) is 1.31. The number of rotatable bonds is 8. The monoisotopic (exact) mass is 366 g/mol. The molecule has 1 atom stereocenters. The topological polar surface area (TPSA) is 63.3 Å². The maximum atomic E-state index is 12.4. The molecular formula is C22H26N2O3. The normalized spacial score (nSPS) is 12.0. The average molecular weight is 366 g/mol. The second kappa shape index (κ2) is 8.62. The van der Waals surface area contributed by atoms with Crippen molar-refractivity contribution in [2.24, 2.45) is 5.92 Å². The van der Waals surface area contributed by atoms with Crippen LogP contribution in [0.25, 0.3) is 10.9 Å². The number of amides is 1. The molecule has 1 heterocycles. The molecule has 0 saturated carbocycles. The predicted octanol–water partition coefficient (Wildman–Crippen LogP) is 3.72. The Balaban J connectivity index is 1.53. The Morgan fingerprint density at radius 3 is 2.67 bits per heavy atom. The fourth-order valence-corrected chi connectivity index (χ4v) is 3.29. The molecule has 0 spiro atoms. The fraction of sp³-hybridized carbons (Fsp3) is 0.318. The van der Waals surface area contributed by atoms with E-state index in [0.29, 0.717) is 24.5 Å². The second-order valence-electron chi connectivity index (χ2n) is 6.70. The van der Waals surface area contributed by atoms with Crippen molar-refractivity contribution in [3.63, 3.8) is 0 Å². The summed E-state index contributed by atoms with van der Waals surface area (Å²) < 4.78 is 10.6. The number of nitrogens with one attached hydrogen (secondary N) is 2. The van der Waals surface area contributed by atoms with Gasteiger partial charge in [-0.25, -0.2) is 0 Å². The third kappa shape index (κ3) is 4.42. The number of aromatic amines is 1. The van der Waals surface area contributed by atoms with Crippen LogP contribution in [0, 0.1) is 5.92 Å². The van der Waals surface area contributed by atoms with Crippen molar-refractivity contribution >= 4 is 16.8 Å². The summed E-state index contributed by atoms with van der Waals surface area (Å²) in [6, 6.07) is 14.0. The minimum atomic E-state index is -0.119. The van der Waals surface area contributed by atoms with Crippen molar-refractivity contribution in [3.8, 4) is 11.5 Å². The molecule has 1 aromatic heterocycles. The van der Waals surface area contributed by atoms with Crippen LogP contribution >= 0.6 is 0 Å². The van der Waals surface area contributed by atoms with Crippen LogP contribution in [0.3, 0.4) is 0 Å². The Morgan fingerprint density at radius 2 is 1.89 bits per heavy atom. The predicted molar refractivity (Wildman–Crippen MR) is 107 cm³/mol. The first-order valence-corrected chi connectivity index (χ1v) is 9.16. The summed E-state index contributed by atoms with van der Waals surface area (Å²) in [4.78, 5) is 15.7. The fourth-order valence-electron chi connectivity index (χ4n) is 3.29. The molecule has 0 bridgehead atoms. The molecule has 0 aliphatic rings. The molecule has 0 radical (unpaired) electrons. The number of fused-ring (bicyclic) bond motifs is 1. The van der Waals surface area contributed by atoms with Gasteiger partial charge in [0.05, 0.1) is 14.2 Å². The first kappa shape index (κ1) is 18.8. The Kier molecular flexibility index (Phi) is 6.01. The van der Waals surface area contributed by atoms with E-state index in [2.05, 4.69) is 22.4 Å². The quantitative estimate of drug-likeness (QED) is 0.639. The molecule has 5 nitrogen and oxygen atoms in total. The van der Waals surface area contributed by atoms with Crippen molar-refractivity contribution in [3.05, 3.63) is 59.8 Å². The molecule has 5 heteroatoms. The first-order chi connectivity index (χ1) is 13.1. The van der Waals surface area contributed by atoms with Gasteiger partial charge in [-0.3, -0.25) is 4.79 Å². The molecule has 1 unspecified atom stereocenters. The van der Waals surface area contributed by atoms with Crippen LogP contribution in [-0.4, -0.2) is 31.7 Å². The molecular weight excluding hydrogens is 340 g/mol. The van der Waals surface area contributed by atoms with Crippen molar-refractivity contribution < 1.29 is 14.3 Å². The molecule has 2 aromatic carbocycles. The number of carbonyl (C=O) groups excluding carboxylic acids is 1. The Hall–Kier alpha value is -2.95. The van der Waals surface area contributed by atoms with E-state index in [4.69, 9.17) is 9.47 Å². The van der Waals surface area contributed by atoms with Crippen LogP contribution in [0.5, 0.6) is 11.5 Å². The molecule has 0 saturated heterocycles. The van der Waals surface area contributed by atoms with Gasteiger partial charge in [0, 0.05) is 29.6 Å². The number of carbonyl (C=O) groups is 1. The summed E-state index contributed by atoms with van der Waals surface area (Å²) >= 11 is 0. The molecule has 2 N–H and O–H groups in total. The number of benzene rings is 2. The van der Waals surface area contributed by atoms with Gasteiger partial charge in [-0.15, -0.1) is 0 Å². The summed E-state index contributed by atoms with van der Waals surface area (Å²) in [5.41, 5.74) is 3.39. The van der Waals surface area contributed by atoms with Crippen molar-refractivity contribution in [1.82, 2.24) is 10.3 Å². The molecule has 3 rings (SSSR count). The highest BCUT2D eigenvalue weighted by Gasteiger charge is 2.15. The summed E-state index contributed by atoms with van der Waals surface area (Å²) in [6.45, 7) is 2.56. The molecule has 142 valence electrons. The van der Waals surface area contributed by atoms with Gasteiger partial charge in [0.2, 0.25) is 5.91 Å². The van der Waals surface area contributed by atoms with Crippen LogP contribution in [-0.2, 0) is 17.6 Å². The summed E-state index contributed by atoms with van der Waals surface area (Å²) in [7, 11) is 3.23. The molecule has 3 aromatic rings. The molecule has 0 aliphatic carbocycles. The van der Waals surface area contributed by atoms with Gasteiger partial charge in [-0.2, -0.15) is 0 Å². The third-order valence-electron chi connectivity index (χ3n) is 4.81. The minimum Gasteiger partial charge on any atom is -0.493 e. The number of hydrogen-bond acceptors (Lipinski definition) is 3. The van der Waals surface area contributed by atoms with Gasteiger partial charge in [-0.1, -0.05) is 31.2 Å². The largest absolute Gasteiger partial charge is 0.493 e. The average Bonchev–Trinajstić information content (AvgIpc) is 3.11. The van der Waals surface area contributed by atoms with Crippen LogP contribution in [0.2, 0.25) is 0 Å². The second-order valence-corrected chi connectivity index (χ2v) is 6.70. The van der Waals surface area contributed by atoms with E-state index < -0.39 is 0 Å². The number of ether oxygens (including phenoxy) is 2. The van der Waals surface area contributed by atoms with Crippen LogP contribution < -0.4 is 14.8 Å². The standard InChI is InChI=1S/C22H26N2O3/c1-15(12-16-8-9-20(26-2)21(13-16)27-3)22(25)23-11-10-17-14-24-19-7-5-4-6-18(17)19/h4-9,13-15,24H,10-12H2,1-3H3,(H,23,25). The SMILES string of the molecule is COc1ccc(CC(C)C(=O)NCCc2c[nH]c3ccccc23)cc1OC. The first-order valence-electron chi connectivity index (χ1n) is 9.16. The number of H-pyrrole nitrogens is 1. The zero-order valence-corrected chi connectivity index (χ0v) is 16.0. The van der Waals surface area contributed by atoms with E-state index in [1.165, 1.54) is 10.9 Å². The number of aromatic nitrogens is 1. The maximum absolute atomic E-state index is 12.4. The lowest BCUT2D eigenvalue weighted by Crippen LogP contribution is -2.31. The van der Waals surface area contributed by atoms with E-state index in [9.17, 15) is 4.79 Å². The maximum Gasteiger partial charge on any atom is 0.223 e. The lowest BCUT2D eigenvalue weighted by atomic mass is 10.00. The van der Waals surface area contributed by atoms with Crippen LogP contribution in [0.15, 0.2) is 48.7 Å². The van der Waals surface area contributed by atoms with E-state index in [-0.39, 0.29) is 11.8 Å². The van der Waals surface area contributed by atoms with Crippen molar-refractivity contribution in [2.45, 2.75) is 19.8 Å². The smallest absolute Gasteiger partial charge is 0.223 e. The van der Waals surface area contributed by atoms with Gasteiger partial charge in [0.1, 0.15) is 0 Å². The van der Waals surface area contributed by atoms with E-state index in [1.807, 2.05) is 43.5 Å². The van der Waals surface area contributed by atoms with Crippen LogP contribution in [0.1, 0.15) is 18.1 Å². The highest BCUT2D eigenvalue weighted by atomic mass is 16.5. The Bertz CT molecular complexity index is 917. The van der Waals surface area contributed by atoms with Crippen molar-refractivity contribution in [2.75, 3.05) is 20.8 Å². The van der Waals surface area contributed by atoms with Crippen molar-refractivity contribution in [1.29, 1.82) is 0 Å². The number of para-hydroxylation sites is 1. The van der Waals surface area contributed by atoms with E-state index >= 15 is 0 Å². The van der Waals surface area contributed by atoms with E-state index in [0.717, 1.165) is 17.5 Å². The van der Waals surface area contributed by atoms with Gasteiger partial charge in [0.15, 0.2) is 11.5 Å². The zero-order chi connectivity index (χ0) is 19.2. The highest BCUT2D eigenvalue weighted by Crippen LogP contribution is 2.28. The lowest BCUT2D eigenvalue weighted by Gasteiger charge is -2.14. The minimum absolute atomic E-state index is 0.0598. The summed E-state index contributed by atoms with van der Waals surface area (Å²) in [5, 5.41) is 4.26. The molecule has 0 fully saturated rings. The number of hydrogen-bond donors (Lipinski definition) is 2. The van der Waals surface area contributed by atoms with Gasteiger partial charge in [-0.05, 0) is 42.2 Å². The Labute approximate surface area is 159 Å². The molecule has 1 amide bonds. The molecule has 0 aliphatic heterocycles. The highest BCUT2D eigenvalue weighted by molar-refractivity contribution is 5.83. The zero-order valence-electron chi connectivity index (χ0n) is 16.0. The number of methoxy groups -OCH3 is 2. The summed E-state index contributed by atoms with van der Waals surface area (Å²) in [6.07, 6.45) is 3.47. The van der Waals surface area contributed by atoms with Gasteiger partial charge >= 0.3 is 0 Å². The van der Waals surface area contributed by atoms with E-state index in [1.54, 1.807) is 14.2 Å². The lowest BCUT2D eigenvalue weighted by molar-refractivity contribution is -0.124.